The van der Waals surface area contributed by atoms with E-state index in [2.05, 4.69) is 15.6 Å². The molecule has 0 spiro atoms. The highest BCUT2D eigenvalue weighted by molar-refractivity contribution is 6.03. The number of nitrogens with one attached hydrogen (secondary N) is 2. The van der Waals surface area contributed by atoms with Crippen molar-refractivity contribution >= 4 is 29.3 Å². The van der Waals surface area contributed by atoms with Gasteiger partial charge in [-0.1, -0.05) is 26.0 Å². The highest BCUT2D eigenvalue weighted by Crippen LogP contribution is 2.38. The number of anilines is 2. The van der Waals surface area contributed by atoms with Gasteiger partial charge in [0.05, 0.1) is 0 Å². The van der Waals surface area contributed by atoms with E-state index in [4.69, 9.17) is 0 Å². The average Bonchev–Trinajstić information content (AvgIpc) is 2.52. The molecule has 0 fully saturated rings. The lowest BCUT2D eigenvalue weighted by Crippen LogP contribution is -2.32. The zero-order chi connectivity index (χ0) is 17.2. The van der Waals surface area contributed by atoms with Gasteiger partial charge in [0.1, 0.15) is 0 Å². The van der Waals surface area contributed by atoms with E-state index in [9.17, 15) is 9.59 Å². The first kappa shape index (κ1) is 15.9. The van der Waals surface area contributed by atoms with Crippen LogP contribution in [0.4, 0.5) is 11.4 Å². The molecule has 1 aliphatic heterocycles. The minimum atomic E-state index is -0.236. The predicted molar refractivity (Wildman–Crippen MR) is 94.6 cm³/mol. The Hall–Kier alpha value is -2.95. The number of carbonyl (C=O) groups excluding carboxylic acids is 2. The molecule has 1 aliphatic rings. The molecule has 2 N–H and O–H groups in total. The fourth-order valence-corrected chi connectivity index (χ4v) is 2.84. The Kier molecular flexibility index (Phi) is 4.16. The van der Waals surface area contributed by atoms with Crippen LogP contribution in [0.5, 0.6) is 0 Å². The number of rotatable bonds is 3. The van der Waals surface area contributed by atoms with E-state index in [0.29, 0.717) is 12.1 Å². The van der Waals surface area contributed by atoms with Gasteiger partial charge in [0, 0.05) is 41.7 Å². The molecule has 2 heterocycles. The van der Waals surface area contributed by atoms with Crippen LogP contribution in [0.1, 0.15) is 31.4 Å². The molecule has 0 saturated heterocycles. The zero-order valence-corrected chi connectivity index (χ0v) is 13.7. The monoisotopic (exact) mass is 321 g/mol. The van der Waals surface area contributed by atoms with E-state index in [1.165, 1.54) is 6.08 Å². The molecule has 0 unspecified atom stereocenters. The molecular formula is C19H19N3O2. The third kappa shape index (κ3) is 3.51. The summed E-state index contributed by atoms with van der Waals surface area (Å²) in [5, 5.41) is 5.68. The van der Waals surface area contributed by atoms with Gasteiger partial charge < -0.3 is 10.6 Å². The Balaban J connectivity index is 1.75. The van der Waals surface area contributed by atoms with E-state index in [1.807, 2.05) is 38.1 Å². The quantitative estimate of drug-likeness (QED) is 0.852. The lowest BCUT2D eigenvalue weighted by Gasteiger charge is -2.32. The second-order valence-electron chi connectivity index (χ2n) is 6.48. The third-order valence-corrected chi connectivity index (χ3v) is 4.00. The molecule has 0 saturated carbocycles. The van der Waals surface area contributed by atoms with Crippen LogP contribution in [0, 0.1) is 0 Å². The standard InChI is InChI=1S/C19H19N3O2/c1-19(2)11-18(24)22-16-10-14(6-7-15(16)19)21-17(23)8-5-13-4-3-9-20-12-13/h3-10,12H,11H2,1-2H3,(H,21,23)(H,22,24). The Morgan fingerprint density at radius 2 is 2.17 bits per heavy atom. The normalized spacial score (nSPS) is 15.7. The summed E-state index contributed by atoms with van der Waals surface area (Å²) in [5.74, 6) is -0.243. The SMILES string of the molecule is CC1(C)CC(=O)Nc2cc(NC(=O)C=Cc3cccnc3)ccc21. The molecule has 2 amide bonds. The van der Waals surface area contributed by atoms with E-state index in [1.54, 1.807) is 24.5 Å². The molecule has 0 bridgehead atoms. The number of benzene rings is 1. The van der Waals surface area contributed by atoms with Crippen molar-refractivity contribution in [3.05, 3.63) is 59.9 Å². The van der Waals surface area contributed by atoms with E-state index >= 15 is 0 Å². The second kappa shape index (κ2) is 6.28. The van der Waals surface area contributed by atoms with Crippen LogP contribution < -0.4 is 10.6 Å². The van der Waals surface area contributed by atoms with Crippen LogP contribution in [-0.4, -0.2) is 16.8 Å². The van der Waals surface area contributed by atoms with Crippen LogP contribution in [0.2, 0.25) is 0 Å². The fraction of sp³-hybridized carbons (Fsp3) is 0.211. The van der Waals surface area contributed by atoms with Gasteiger partial charge in [0.25, 0.3) is 0 Å². The topological polar surface area (TPSA) is 71.1 Å². The molecule has 5 nitrogen and oxygen atoms in total. The number of hydrogen-bond donors (Lipinski definition) is 2. The second-order valence-corrected chi connectivity index (χ2v) is 6.48. The largest absolute Gasteiger partial charge is 0.326 e. The van der Waals surface area contributed by atoms with E-state index in [0.717, 1.165) is 16.8 Å². The molecule has 1 aromatic heterocycles. The Labute approximate surface area is 140 Å². The highest BCUT2D eigenvalue weighted by Gasteiger charge is 2.31. The zero-order valence-electron chi connectivity index (χ0n) is 13.7. The van der Waals surface area contributed by atoms with Crippen molar-refractivity contribution in [2.75, 3.05) is 10.6 Å². The van der Waals surface area contributed by atoms with Gasteiger partial charge in [-0.3, -0.25) is 14.6 Å². The van der Waals surface area contributed by atoms with Gasteiger partial charge in [-0.15, -0.1) is 0 Å². The molecule has 1 aromatic carbocycles. The molecule has 122 valence electrons. The van der Waals surface area contributed by atoms with Gasteiger partial charge in [-0.05, 0) is 35.4 Å². The molecule has 24 heavy (non-hydrogen) atoms. The van der Waals surface area contributed by atoms with Gasteiger partial charge in [-0.25, -0.2) is 0 Å². The van der Waals surface area contributed by atoms with Gasteiger partial charge in [0.2, 0.25) is 11.8 Å². The van der Waals surface area contributed by atoms with Crippen LogP contribution in [0.15, 0.2) is 48.8 Å². The maximum atomic E-state index is 12.0. The van der Waals surface area contributed by atoms with Crippen molar-refractivity contribution in [2.24, 2.45) is 0 Å². The van der Waals surface area contributed by atoms with E-state index < -0.39 is 0 Å². The fourth-order valence-electron chi connectivity index (χ4n) is 2.84. The van der Waals surface area contributed by atoms with Crippen LogP contribution in [0.25, 0.3) is 6.08 Å². The summed E-state index contributed by atoms with van der Waals surface area (Å²) >= 11 is 0. The molecule has 3 rings (SSSR count). The highest BCUT2D eigenvalue weighted by atomic mass is 16.2. The maximum absolute atomic E-state index is 12.0. The average molecular weight is 321 g/mol. The van der Waals surface area contributed by atoms with Gasteiger partial charge in [0.15, 0.2) is 0 Å². The molecule has 0 radical (unpaired) electrons. The van der Waals surface area contributed by atoms with Crippen molar-refractivity contribution in [3.8, 4) is 0 Å². The summed E-state index contributed by atoms with van der Waals surface area (Å²) in [6.45, 7) is 4.08. The lowest BCUT2D eigenvalue weighted by atomic mass is 9.78. The summed E-state index contributed by atoms with van der Waals surface area (Å²) in [4.78, 5) is 27.9. The predicted octanol–water partition coefficient (Wildman–Crippen LogP) is 3.35. The Morgan fingerprint density at radius 1 is 1.33 bits per heavy atom. The number of fused-ring (bicyclic) bond motifs is 1. The third-order valence-electron chi connectivity index (χ3n) is 4.00. The Bertz CT molecular complexity index is 811. The van der Waals surface area contributed by atoms with Crippen molar-refractivity contribution in [2.45, 2.75) is 25.7 Å². The number of carbonyl (C=O) groups is 2. The molecular weight excluding hydrogens is 302 g/mol. The van der Waals surface area contributed by atoms with Gasteiger partial charge in [-0.2, -0.15) is 0 Å². The van der Waals surface area contributed by atoms with Gasteiger partial charge >= 0.3 is 0 Å². The summed E-state index contributed by atoms with van der Waals surface area (Å²) in [6.07, 6.45) is 6.98. The maximum Gasteiger partial charge on any atom is 0.248 e. The molecule has 2 aromatic rings. The van der Waals surface area contributed by atoms with Crippen LogP contribution in [-0.2, 0) is 15.0 Å². The van der Waals surface area contributed by atoms with E-state index in [-0.39, 0.29) is 17.2 Å². The smallest absolute Gasteiger partial charge is 0.248 e. The first-order valence-electron chi connectivity index (χ1n) is 7.77. The minimum absolute atomic E-state index is 0.00699. The van der Waals surface area contributed by atoms with Crippen molar-refractivity contribution in [1.82, 2.24) is 4.98 Å². The number of amides is 2. The van der Waals surface area contributed by atoms with Crippen molar-refractivity contribution < 1.29 is 9.59 Å². The van der Waals surface area contributed by atoms with Crippen LogP contribution >= 0.6 is 0 Å². The first-order chi connectivity index (χ1) is 11.4. The summed E-state index contributed by atoms with van der Waals surface area (Å²) in [6, 6.07) is 9.28. The lowest BCUT2D eigenvalue weighted by molar-refractivity contribution is -0.117. The number of nitrogens with zero attached hydrogens (tertiary/aromatic N) is 1. The van der Waals surface area contributed by atoms with Crippen LogP contribution in [0.3, 0.4) is 0 Å². The first-order valence-corrected chi connectivity index (χ1v) is 7.77. The minimum Gasteiger partial charge on any atom is -0.326 e. The summed E-state index contributed by atoms with van der Waals surface area (Å²) < 4.78 is 0. The van der Waals surface area contributed by atoms with Crippen molar-refractivity contribution in [3.63, 3.8) is 0 Å². The number of aromatic nitrogens is 1. The number of pyridine rings is 1. The molecule has 0 atom stereocenters. The number of hydrogen-bond acceptors (Lipinski definition) is 3. The molecule has 5 heteroatoms. The van der Waals surface area contributed by atoms with Crippen molar-refractivity contribution in [1.29, 1.82) is 0 Å². The molecule has 0 aliphatic carbocycles. The Morgan fingerprint density at radius 3 is 2.92 bits per heavy atom. The summed E-state index contributed by atoms with van der Waals surface area (Å²) in [5.41, 5.74) is 3.12. The summed E-state index contributed by atoms with van der Waals surface area (Å²) in [7, 11) is 0.